The molecule has 2 atom stereocenters. The maximum Gasteiger partial charge on any atom is 0.260 e. The smallest absolute Gasteiger partial charge is 0.260 e. The van der Waals surface area contributed by atoms with E-state index in [0.717, 1.165) is 54.8 Å². The molecule has 1 saturated carbocycles. The van der Waals surface area contributed by atoms with Crippen molar-refractivity contribution in [3.63, 3.8) is 0 Å². The maximum absolute atomic E-state index is 13.6. The van der Waals surface area contributed by atoms with E-state index in [0.29, 0.717) is 17.8 Å². The lowest BCUT2D eigenvalue weighted by atomic mass is 9.92. The van der Waals surface area contributed by atoms with Gasteiger partial charge in [-0.05, 0) is 61.9 Å². The first-order valence-electron chi connectivity index (χ1n) is 12.2. The van der Waals surface area contributed by atoms with Gasteiger partial charge in [-0.15, -0.1) is 11.8 Å². The molecule has 0 N–H and O–H groups in total. The predicted molar refractivity (Wildman–Crippen MR) is 135 cm³/mol. The number of carbonyl (C=O) groups is 2. The Morgan fingerprint density at radius 2 is 1.67 bits per heavy atom. The van der Waals surface area contributed by atoms with Gasteiger partial charge in [0.2, 0.25) is 0 Å². The van der Waals surface area contributed by atoms with Crippen LogP contribution in [0.1, 0.15) is 65.6 Å². The summed E-state index contributed by atoms with van der Waals surface area (Å²) < 4.78 is 0. The highest BCUT2D eigenvalue weighted by atomic mass is 32.2. The standard InChI is InChI=1S/C28H32N2O2S/c1-20-8-10-22(11-9-20)19-30-24-6-2-3-7-25(24)33-26(28(30)32)18-21-12-14-23(15-13-21)27(31)29-16-4-5-17-29/h8-15,18,24-25H,2-7,16-17,19H2,1H3/b26-18+. The highest BCUT2D eigenvalue weighted by molar-refractivity contribution is 8.04. The molecular weight excluding hydrogens is 428 g/mol. The van der Waals surface area contributed by atoms with Crippen molar-refractivity contribution in [3.8, 4) is 0 Å². The number of amides is 2. The minimum absolute atomic E-state index is 0.115. The van der Waals surface area contributed by atoms with Crippen molar-refractivity contribution in [1.82, 2.24) is 9.80 Å². The van der Waals surface area contributed by atoms with E-state index < -0.39 is 0 Å². The van der Waals surface area contributed by atoms with Gasteiger partial charge in [-0.2, -0.15) is 0 Å². The van der Waals surface area contributed by atoms with Crippen molar-refractivity contribution in [2.45, 2.75) is 63.3 Å². The molecule has 0 spiro atoms. The molecule has 5 heteroatoms. The predicted octanol–water partition coefficient (Wildman–Crippen LogP) is 5.66. The molecule has 172 valence electrons. The fourth-order valence-electron chi connectivity index (χ4n) is 5.23. The number of carbonyl (C=O) groups excluding carboxylic acids is 2. The second-order valence-corrected chi connectivity index (χ2v) is 10.8. The molecule has 2 saturated heterocycles. The van der Waals surface area contributed by atoms with E-state index in [9.17, 15) is 9.59 Å². The first-order chi connectivity index (χ1) is 16.1. The maximum atomic E-state index is 13.6. The topological polar surface area (TPSA) is 40.6 Å². The summed E-state index contributed by atoms with van der Waals surface area (Å²) in [6.07, 6.45) is 8.90. The van der Waals surface area contributed by atoms with Crippen LogP contribution in [0, 0.1) is 6.92 Å². The largest absolute Gasteiger partial charge is 0.339 e. The fraction of sp³-hybridized carbons (Fsp3) is 0.429. The Hall–Kier alpha value is -2.53. The lowest BCUT2D eigenvalue weighted by Gasteiger charge is -2.44. The van der Waals surface area contributed by atoms with Crippen molar-refractivity contribution in [2.75, 3.05) is 13.1 Å². The number of hydrogen-bond donors (Lipinski definition) is 0. The van der Waals surface area contributed by atoms with Gasteiger partial charge >= 0.3 is 0 Å². The number of hydrogen-bond acceptors (Lipinski definition) is 3. The molecule has 2 aromatic rings. The van der Waals surface area contributed by atoms with Crippen molar-refractivity contribution in [2.24, 2.45) is 0 Å². The third-order valence-electron chi connectivity index (χ3n) is 7.14. The summed E-state index contributed by atoms with van der Waals surface area (Å²) in [4.78, 5) is 31.1. The molecule has 0 bridgehead atoms. The Kier molecular flexibility index (Phi) is 6.59. The van der Waals surface area contributed by atoms with Crippen LogP contribution in [0.3, 0.4) is 0 Å². The minimum Gasteiger partial charge on any atom is -0.339 e. The Morgan fingerprint density at radius 1 is 0.970 bits per heavy atom. The molecule has 2 amide bonds. The van der Waals surface area contributed by atoms with E-state index in [-0.39, 0.29) is 11.8 Å². The van der Waals surface area contributed by atoms with Crippen LogP contribution < -0.4 is 0 Å². The number of thioether (sulfide) groups is 1. The summed E-state index contributed by atoms with van der Waals surface area (Å²) in [6.45, 7) is 4.47. The summed E-state index contributed by atoms with van der Waals surface area (Å²) >= 11 is 1.76. The van der Waals surface area contributed by atoms with E-state index in [2.05, 4.69) is 36.1 Å². The monoisotopic (exact) mass is 460 g/mol. The summed E-state index contributed by atoms with van der Waals surface area (Å²) in [6, 6.07) is 16.6. The van der Waals surface area contributed by atoms with Gasteiger partial charge in [0.15, 0.2) is 0 Å². The molecule has 2 unspecified atom stereocenters. The van der Waals surface area contributed by atoms with Gasteiger partial charge in [0.05, 0.1) is 4.91 Å². The molecule has 4 nitrogen and oxygen atoms in total. The molecule has 5 rings (SSSR count). The van der Waals surface area contributed by atoms with E-state index in [1.165, 1.54) is 24.0 Å². The number of fused-ring (bicyclic) bond motifs is 1. The van der Waals surface area contributed by atoms with Gasteiger partial charge in [0.25, 0.3) is 11.8 Å². The summed E-state index contributed by atoms with van der Waals surface area (Å²) in [5, 5.41) is 0.462. The molecule has 0 radical (unpaired) electrons. The molecule has 3 fully saturated rings. The average molecular weight is 461 g/mol. The average Bonchev–Trinajstić information content (AvgIpc) is 3.38. The highest BCUT2D eigenvalue weighted by Crippen LogP contribution is 2.42. The Morgan fingerprint density at radius 3 is 2.39 bits per heavy atom. The van der Waals surface area contributed by atoms with Crippen LogP contribution in [0.15, 0.2) is 53.4 Å². The van der Waals surface area contributed by atoms with E-state index in [4.69, 9.17) is 0 Å². The zero-order valence-corrected chi connectivity index (χ0v) is 20.2. The lowest BCUT2D eigenvalue weighted by molar-refractivity contribution is -0.130. The van der Waals surface area contributed by atoms with Crippen molar-refractivity contribution in [3.05, 3.63) is 75.7 Å². The van der Waals surface area contributed by atoms with Gasteiger partial charge < -0.3 is 9.80 Å². The van der Waals surface area contributed by atoms with Crippen molar-refractivity contribution in [1.29, 1.82) is 0 Å². The van der Waals surface area contributed by atoms with Crippen LogP contribution >= 0.6 is 11.8 Å². The highest BCUT2D eigenvalue weighted by Gasteiger charge is 2.40. The lowest BCUT2D eigenvalue weighted by Crippen LogP contribution is -2.50. The first kappa shape index (κ1) is 22.3. The normalized spacial score (nSPS) is 24.3. The van der Waals surface area contributed by atoms with Crippen LogP contribution in [0.25, 0.3) is 6.08 Å². The van der Waals surface area contributed by atoms with Crippen molar-refractivity contribution < 1.29 is 9.59 Å². The number of aryl methyl sites for hydroxylation is 1. The second kappa shape index (κ2) is 9.76. The third kappa shape index (κ3) is 4.89. The van der Waals surface area contributed by atoms with Crippen LogP contribution in [-0.4, -0.2) is 46.0 Å². The van der Waals surface area contributed by atoms with E-state index in [1.807, 2.05) is 35.2 Å². The molecule has 2 heterocycles. The second-order valence-electron chi connectivity index (χ2n) is 9.56. The van der Waals surface area contributed by atoms with Crippen LogP contribution in [-0.2, 0) is 11.3 Å². The van der Waals surface area contributed by atoms with E-state index in [1.54, 1.807) is 11.8 Å². The van der Waals surface area contributed by atoms with E-state index >= 15 is 0 Å². The van der Waals surface area contributed by atoms with Gasteiger partial charge in [0.1, 0.15) is 0 Å². The zero-order chi connectivity index (χ0) is 22.8. The van der Waals surface area contributed by atoms with Gasteiger partial charge in [-0.3, -0.25) is 9.59 Å². The summed E-state index contributed by atoms with van der Waals surface area (Å²) in [5.74, 6) is 0.255. The molecule has 33 heavy (non-hydrogen) atoms. The molecular formula is C28H32N2O2S. The molecule has 2 aliphatic heterocycles. The van der Waals surface area contributed by atoms with Gasteiger partial charge in [-0.1, -0.05) is 54.8 Å². The van der Waals surface area contributed by atoms with Gasteiger partial charge in [0, 0.05) is 36.5 Å². The summed E-state index contributed by atoms with van der Waals surface area (Å²) in [7, 11) is 0. The van der Waals surface area contributed by atoms with Crippen molar-refractivity contribution >= 4 is 29.7 Å². The van der Waals surface area contributed by atoms with Gasteiger partial charge in [-0.25, -0.2) is 0 Å². The minimum atomic E-state index is 0.115. The fourth-order valence-corrected chi connectivity index (χ4v) is 6.70. The van der Waals surface area contributed by atoms with Crippen LogP contribution in [0.4, 0.5) is 0 Å². The quantitative estimate of drug-likeness (QED) is 0.553. The third-order valence-corrected chi connectivity index (χ3v) is 8.54. The number of rotatable bonds is 4. The zero-order valence-electron chi connectivity index (χ0n) is 19.3. The molecule has 1 aliphatic carbocycles. The first-order valence-corrected chi connectivity index (χ1v) is 13.1. The Balaban J connectivity index is 1.37. The van der Waals surface area contributed by atoms with Crippen LogP contribution in [0.5, 0.6) is 0 Å². The SMILES string of the molecule is Cc1ccc(CN2C(=O)/C(=C\c3ccc(C(=O)N4CCCC4)cc3)SC3CCCCC32)cc1. The Labute approximate surface area is 201 Å². The molecule has 0 aromatic heterocycles. The van der Waals surface area contributed by atoms with Crippen LogP contribution in [0.2, 0.25) is 0 Å². The number of benzene rings is 2. The summed E-state index contributed by atoms with van der Waals surface area (Å²) in [5.41, 5.74) is 4.14. The molecule has 3 aliphatic rings. The molecule has 2 aromatic carbocycles. The number of likely N-dealkylation sites (tertiary alicyclic amines) is 1. The number of nitrogens with zero attached hydrogens (tertiary/aromatic N) is 2. The Bertz CT molecular complexity index is 1040.